The van der Waals surface area contributed by atoms with Crippen LogP contribution in [0.3, 0.4) is 0 Å². The van der Waals surface area contributed by atoms with Gasteiger partial charge in [-0.15, -0.1) is 0 Å². The van der Waals surface area contributed by atoms with E-state index in [-0.39, 0.29) is 25.9 Å². The molecular formula is C67H118O12. The number of hydrogen-bond donors (Lipinski definition) is 3. The topological polar surface area (TPSA) is 175 Å². The van der Waals surface area contributed by atoms with Crippen molar-refractivity contribution in [3.8, 4) is 0 Å². The number of aliphatic carboxylic acids is 1. The second kappa shape index (κ2) is 55.2. The summed E-state index contributed by atoms with van der Waals surface area (Å²) in [6, 6.07) is 0. The lowest BCUT2D eigenvalue weighted by Gasteiger charge is -2.40. The van der Waals surface area contributed by atoms with Gasteiger partial charge in [-0.25, -0.2) is 4.79 Å². The van der Waals surface area contributed by atoms with Gasteiger partial charge in [0.25, 0.3) is 0 Å². The van der Waals surface area contributed by atoms with Crippen LogP contribution >= 0.6 is 0 Å². The van der Waals surface area contributed by atoms with Crippen molar-refractivity contribution in [2.75, 3.05) is 13.2 Å². The Labute approximate surface area is 482 Å². The van der Waals surface area contributed by atoms with Crippen molar-refractivity contribution in [1.82, 2.24) is 0 Å². The van der Waals surface area contributed by atoms with Crippen molar-refractivity contribution in [3.63, 3.8) is 0 Å². The van der Waals surface area contributed by atoms with E-state index in [0.29, 0.717) is 19.3 Å². The lowest BCUT2D eigenvalue weighted by Crippen LogP contribution is -2.61. The minimum Gasteiger partial charge on any atom is -0.479 e. The van der Waals surface area contributed by atoms with Crippen molar-refractivity contribution < 1.29 is 58.2 Å². The predicted molar refractivity (Wildman–Crippen MR) is 322 cm³/mol. The fourth-order valence-corrected chi connectivity index (χ4v) is 9.91. The standard InChI is InChI=1S/C67H118O12/c1-4-7-10-13-16-19-22-25-27-29-30-32-33-36-38-41-44-47-50-53-59(68)75-56-58(77-60(69)54-51-48-45-42-40-37-34-31-28-26-23-20-17-14-11-8-5-2)57-76-67-65(63(72)62(71)64(79-67)66(73)74)78-61(70)55-52-49-46-43-39-35-24-21-18-15-12-9-6-3/h8,11,17,20,25-28,58,62-65,67,71-72H,4-7,9-10,12-16,18-19,21-24,29-57H2,1-3H3,(H,73,74)/b11-8-,20-17-,27-25-,28-26-. The molecule has 0 radical (unpaired) electrons. The summed E-state index contributed by atoms with van der Waals surface area (Å²) in [5, 5.41) is 31.6. The summed E-state index contributed by atoms with van der Waals surface area (Å²) < 4.78 is 28.5. The maximum atomic E-state index is 13.2. The Morgan fingerprint density at radius 2 is 0.797 bits per heavy atom. The minimum atomic E-state index is -1.90. The van der Waals surface area contributed by atoms with E-state index in [1.165, 1.54) is 135 Å². The fraction of sp³-hybridized carbons (Fsp3) is 0.821. The van der Waals surface area contributed by atoms with E-state index in [4.69, 9.17) is 23.7 Å². The van der Waals surface area contributed by atoms with Gasteiger partial charge in [-0.05, 0) is 77.0 Å². The van der Waals surface area contributed by atoms with Crippen LogP contribution in [0.4, 0.5) is 0 Å². The molecule has 12 heteroatoms. The molecule has 1 saturated heterocycles. The fourth-order valence-electron chi connectivity index (χ4n) is 9.91. The molecule has 0 amide bonds. The summed E-state index contributed by atoms with van der Waals surface area (Å²) in [6.07, 6.45) is 55.0. The molecule has 1 rings (SSSR count). The number of rotatable bonds is 56. The third-order valence-corrected chi connectivity index (χ3v) is 14.9. The van der Waals surface area contributed by atoms with Gasteiger partial charge in [0.15, 0.2) is 24.6 Å². The molecule has 79 heavy (non-hydrogen) atoms. The highest BCUT2D eigenvalue weighted by atomic mass is 16.7. The van der Waals surface area contributed by atoms with Gasteiger partial charge in [-0.2, -0.15) is 0 Å². The molecule has 0 bridgehead atoms. The average molecular weight is 1120 g/mol. The van der Waals surface area contributed by atoms with Gasteiger partial charge in [-0.1, -0.05) is 256 Å². The molecule has 1 heterocycles. The van der Waals surface area contributed by atoms with E-state index in [1.807, 2.05) is 0 Å². The summed E-state index contributed by atoms with van der Waals surface area (Å²) in [5.41, 5.74) is 0. The van der Waals surface area contributed by atoms with Crippen molar-refractivity contribution in [3.05, 3.63) is 48.6 Å². The zero-order valence-electron chi connectivity index (χ0n) is 50.6. The highest BCUT2D eigenvalue weighted by Gasteiger charge is 2.50. The molecule has 458 valence electrons. The number of carbonyl (C=O) groups is 4. The van der Waals surface area contributed by atoms with Crippen LogP contribution in [0.2, 0.25) is 0 Å². The van der Waals surface area contributed by atoms with Crippen LogP contribution in [0.15, 0.2) is 48.6 Å². The molecule has 0 aromatic rings. The summed E-state index contributed by atoms with van der Waals surface area (Å²) in [7, 11) is 0. The molecule has 1 fully saturated rings. The zero-order valence-corrected chi connectivity index (χ0v) is 50.6. The van der Waals surface area contributed by atoms with Crippen LogP contribution in [0, 0.1) is 0 Å². The second-order valence-electron chi connectivity index (χ2n) is 22.4. The van der Waals surface area contributed by atoms with Crippen LogP contribution in [0.1, 0.15) is 303 Å². The first-order chi connectivity index (χ1) is 38.6. The Bertz CT molecular complexity index is 1560. The molecule has 1 aliphatic heterocycles. The van der Waals surface area contributed by atoms with E-state index >= 15 is 0 Å². The summed E-state index contributed by atoms with van der Waals surface area (Å²) in [4.78, 5) is 51.3. The number of unbranched alkanes of at least 4 members (excludes halogenated alkanes) is 34. The van der Waals surface area contributed by atoms with Crippen LogP contribution < -0.4 is 0 Å². The van der Waals surface area contributed by atoms with Crippen molar-refractivity contribution >= 4 is 23.9 Å². The van der Waals surface area contributed by atoms with Crippen LogP contribution in [-0.4, -0.2) is 89.2 Å². The second-order valence-corrected chi connectivity index (χ2v) is 22.4. The molecule has 0 aromatic carbocycles. The van der Waals surface area contributed by atoms with Gasteiger partial charge in [0, 0.05) is 19.3 Å². The number of esters is 3. The highest BCUT2D eigenvalue weighted by molar-refractivity contribution is 5.74. The molecular weight excluding hydrogens is 997 g/mol. The number of aliphatic hydroxyl groups excluding tert-OH is 2. The molecule has 1 aliphatic rings. The van der Waals surface area contributed by atoms with Gasteiger partial charge >= 0.3 is 23.9 Å². The molecule has 6 unspecified atom stereocenters. The number of aliphatic hydroxyl groups is 2. The zero-order chi connectivity index (χ0) is 57.5. The van der Waals surface area contributed by atoms with Crippen LogP contribution in [-0.2, 0) is 42.9 Å². The summed E-state index contributed by atoms with van der Waals surface area (Å²) in [5.74, 6) is -3.11. The Morgan fingerprint density at radius 1 is 0.430 bits per heavy atom. The number of carboxylic acids is 1. The third kappa shape index (κ3) is 45.0. The van der Waals surface area contributed by atoms with Gasteiger partial charge in [0.2, 0.25) is 0 Å². The van der Waals surface area contributed by atoms with E-state index in [1.54, 1.807) is 0 Å². The van der Waals surface area contributed by atoms with Crippen molar-refractivity contribution in [2.24, 2.45) is 0 Å². The minimum absolute atomic E-state index is 0.0633. The monoisotopic (exact) mass is 1110 g/mol. The summed E-state index contributed by atoms with van der Waals surface area (Å²) in [6.45, 7) is 5.91. The molecule has 0 aromatic heterocycles. The number of hydrogen-bond acceptors (Lipinski definition) is 11. The average Bonchev–Trinajstić information content (AvgIpc) is 3.46. The normalized spacial score (nSPS) is 18.1. The third-order valence-electron chi connectivity index (χ3n) is 14.9. The van der Waals surface area contributed by atoms with E-state index < -0.39 is 67.3 Å². The molecule has 12 nitrogen and oxygen atoms in total. The maximum Gasteiger partial charge on any atom is 0.335 e. The van der Waals surface area contributed by atoms with Crippen LogP contribution in [0.25, 0.3) is 0 Å². The number of carbonyl (C=O) groups excluding carboxylic acids is 3. The Balaban J connectivity index is 2.65. The molecule has 3 N–H and O–H groups in total. The van der Waals surface area contributed by atoms with Gasteiger partial charge < -0.3 is 39.0 Å². The SMILES string of the molecule is CC/C=C\C/C=C\C/C=C\CCCCCCCCCC(=O)OC(COC(=O)CCCCCCCCCCC/C=C\CCCCCCCC)COC1OC(C(=O)O)C(O)C(O)C1OC(=O)CCCCCCCCCCCCCCC. The Hall–Kier alpha value is -3.32. The van der Waals surface area contributed by atoms with Gasteiger partial charge in [0.1, 0.15) is 18.8 Å². The highest BCUT2D eigenvalue weighted by Crippen LogP contribution is 2.27. The van der Waals surface area contributed by atoms with Crippen molar-refractivity contribution in [2.45, 2.75) is 340 Å². The molecule has 0 aliphatic carbocycles. The smallest absolute Gasteiger partial charge is 0.335 e. The van der Waals surface area contributed by atoms with Gasteiger partial charge in [0.05, 0.1) is 6.61 Å². The first-order valence-electron chi connectivity index (χ1n) is 32.6. The van der Waals surface area contributed by atoms with Crippen LogP contribution in [0.5, 0.6) is 0 Å². The first-order valence-corrected chi connectivity index (χ1v) is 32.6. The van der Waals surface area contributed by atoms with Gasteiger partial charge in [-0.3, -0.25) is 14.4 Å². The number of carboxylic acid groups (broad SMARTS) is 1. The van der Waals surface area contributed by atoms with Crippen molar-refractivity contribution in [1.29, 1.82) is 0 Å². The quantitative estimate of drug-likeness (QED) is 0.0228. The molecule has 6 atom stereocenters. The Kier molecular flexibility index (Phi) is 51.5. The molecule has 0 saturated carbocycles. The summed E-state index contributed by atoms with van der Waals surface area (Å²) >= 11 is 0. The van der Waals surface area contributed by atoms with E-state index in [2.05, 4.69) is 69.4 Å². The predicted octanol–water partition coefficient (Wildman–Crippen LogP) is 17.3. The first kappa shape index (κ1) is 73.7. The largest absolute Gasteiger partial charge is 0.479 e. The Morgan fingerprint density at radius 3 is 1.23 bits per heavy atom. The lowest BCUT2D eigenvalue weighted by atomic mass is 9.98. The van der Waals surface area contributed by atoms with E-state index in [9.17, 15) is 34.5 Å². The number of ether oxygens (including phenoxy) is 5. The van der Waals surface area contributed by atoms with E-state index in [0.717, 1.165) is 109 Å². The number of allylic oxidation sites excluding steroid dienone is 8. The lowest BCUT2D eigenvalue weighted by molar-refractivity contribution is -0.301. The molecule has 0 spiro atoms. The maximum absolute atomic E-state index is 13.2.